The van der Waals surface area contributed by atoms with Crippen molar-refractivity contribution in [2.45, 2.75) is 52.4 Å². The zero-order valence-corrected chi connectivity index (χ0v) is 13.6. The zero-order valence-electron chi connectivity index (χ0n) is 13.6. The summed E-state index contributed by atoms with van der Waals surface area (Å²) in [4.78, 5) is 23.7. The second-order valence-corrected chi connectivity index (χ2v) is 5.22. The Bertz CT molecular complexity index is 468. The van der Waals surface area contributed by atoms with E-state index in [2.05, 4.69) is 0 Å². The number of carbonyl (C=O) groups is 2. The van der Waals surface area contributed by atoms with Gasteiger partial charge in [-0.05, 0) is 30.9 Å². The van der Waals surface area contributed by atoms with Gasteiger partial charge in [-0.3, -0.25) is 4.79 Å². The molecule has 1 aromatic carbocycles. The van der Waals surface area contributed by atoms with E-state index < -0.39 is 0 Å². The Morgan fingerprint density at radius 1 is 0.955 bits per heavy atom. The van der Waals surface area contributed by atoms with Gasteiger partial charge in [0, 0.05) is 6.42 Å². The molecule has 0 N–H and O–H groups in total. The monoisotopic (exact) mass is 306 g/mol. The highest BCUT2D eigenvalue weighted by molar-refractivity contribution is 5.91. The van der Waals surface area contributed by atoms with E-state index >= 15 is 0 Å². The second kappa shape index (κ2) is 10.8. The third-order valence-electron chi connectivity index (χ3n) is 3.33. The third kappa shape index (κ3) is 6.74. The van der Waals surface area contributed by atoms with Crippen LogP contribution >= 0.6 is 0 Å². The van der Waals surface area contributed by atoms with Crippen LogP contribution in [0.5, 0.6) is 0 Å². The highest BCUT2D eigenvalue weighted by atomic mass is 16.5. The molecule has 0 aliphatic carbocycles. The summed E-state index contributed by atoms with van der Waals surface area (Å²) < 4.78 is 10.4. The third-order valence-corrected chi connectivity index (χ3v) is 3.33. The van der Waals surface area contributed by atoms with Crippen LogP contribution in [0.25, 0.3) is 0 Å². The first-order valence-corrected chi connectivity index (χ1v) is 8.09. The van der Waals surface area contributed by atoms with Gasteiger partial charge in [0.25, 0.3) is 0 Å². The summed E-state index contributed by atoms with van der Waals surface area (Å²) in [5.41, 5.74) is 1.37. The summed E-state index contributed by atoms with van der Waals surface area (Å²) in [6, 6.07) is 7.27. The van der Waals surface area contributed by atoms with E-state index in [1.807, 2.05) is 26.0 Å². The quantitative estimate of drug-likeness (QED) is 0.485. The molecule has 0 aromatic heterocycles. The number of benzene rings is 1. The average molecular weight is 306 g/mol. The van der Waals surface area contributed by atoms with Crippen LogP contribution in [0.1, 0.15) is 61.9 Å². The van der Waals surface area contributed by atoms with E-state index in [4.69, 9.17) is 9.47 Å². The molecule has 122 valence electrons. The van der Waals surface area contributed by atoms with Crippen molar-refractivity contribution in [1.82, 2.24) is 0 Å². The van der Waals surface area contributed by atoms with E-state index in [9.17, 15) is 9.59 Å². The molecule has 4 nitrogen and oxygen atoms in total. The first-order valence-electron chi connectivity index (χ1n) is 8.09. The maximum absolute atomic E-state index is 12.1. The fraction of sp³-hybridized carbons (Fsp3) is 0.556. The number of rotatable bonds is 10. The molecular formula is C18H26O4. The van der Waals surface area contributed by atoms with Gasteiger partial charge in [-0.1, -0.05) is 44.9 Å². The maximum Gasteiger partial charge on any atom is 0.338 e. The molecule has 1 aromatic rings. The van der Waals surface area contributed by atoms with Gasteiger partial charge in [0.2, 0.25) is 0 Å². The smallest absolute Gasteiger partial charge is 0.338 e. The summed E-state index contributed by atoms with van der Waals surface area (Å²) in [5.74, 6) is -0.536. The summed E-state index contributed by atoms with van der Waals surface area (Å²) in [5, 5.41) is 0. The molecule has 0 heterocycles. The first kappa shape index (κ1) is 18.2. The SMILES string of the molecule is CCCCOC(=O)CCc1ccccc1C(=O)OCCCC. The van der Waals surface area contributed by atoms with E-state index in [-0.39, 0.29) is 18.4 Å². The van der Waals surface area contributed by atoms with Crippen LogP contribution in [0.15, 0.2) is 24.3 Å². The van der Waals surface area contributed by atoms with Crippen molar-refractivity contribution in [2.24, 2.45) is 0 Å². The van der Waals surface area contributed by atoms with Crippen LogP contribution in [-0.2, 0) is 20.7 Å². The van der Waals surface area contributed by atoms with Gasteiger partial charge in [-0.15, -0.1) is 0 Å². The van der Waals surface area contributed by atoms with Crippen LogP contribution in [-0.4, -0.2) is 25.2 Å². The molecule has 0 spiro atoms. The Labute approximate surface area is 132 Å². The molecule has 0 bridgehead atoms. The molecule has 0 saturated carbocycles. The topological polar surface area (TPSA) is 52.6 Å². The largest absolute Gasteiger partial charge is 0.466 e. The molecule has 0 unspecified atom stereocenters. The number of carbonyl (C=O) groups excluding carboxylic acids is 2. The standard InChI is InChI=1S/C18H26O4/c1-3-5-13-21-17(19)12-11-15-9-7-8-10-16(15)18(20)22-14-6-4-2/h7-10H,3-6,11-14H2,1-2H3. The molecule has 1 rings (SSSR count). The van der Waals surface area contributed by atoms with Crippen molar-refractivity contribution in [2.75, 3.05) is 13.2 Å². The van der Waals surface area contributed by atoms with Gasteiger partial charge in [-0.2, -0.15) is 0 Å². The average Bonchev–Trinajstić information content (AvgIpc) is 2.53. The van der Waals surface area contributed by atoms with Crippen molar-refractivity contribution in [3.63, 3.8) is 0 Å². The van der Waals surface area contributed by atoms with Crippen molar-refractivity contribution < 1.29 is 19.1 Å². The van der Waals surface area contributed by atoms with Gasteiger partial charge in [-0.25, -0.2) is 4.79 Å². The summed E-state index contributed by atoms with van der Waals surface area (Å²) in [7, 11) is 0. The molecule has 0 fully saturated rings. The maximum atomic E-state index is 12.1. The van der Waals surface area contributed by atoms with E-state index in [0.717, 1.165) is 31.2 Å². The Hall–Kier alpha value is -1.84. The number of hydrogen-bond donors (Lipinski definition) is 0. The molecule has 0 radical (unpaired) electrons. The molecular weight excluding hydrogens is 280 g/mol. The molecule has 4 heteroatoms. The number of unbranched alkanes of at least 4 members (excludes halogenated alkanes) is 2. The lowest BCUT2D eigenvalue weighted by atomic mass is 10.0. The van der Waals surface area contributed by atoms with E-state index in [1.54, 1.807) is 12.1 Å². The fourth-order valence-corrected chi connectivity index (χ4v) is 1.96. The van der Waals surface area contributed by atoms with Crippen LogP contribution in [0.4, 0.5) is 0 Å². The lowest BCUT2D eigenvalue weighted by molar-refractivity contribution is -0.143. The number of esters is 2. The normalized spacial score (nSPS) is 10.3. The zero-order chi connectivity index (χ0) is 16.2. The second-order valence-electron chi connectivity index (χ2n) is 5.22. The summed E-state index contributed by atoms with van der Waals surface area (Å²) in [6.07, 6.45) is 4.50. The van der Waals surface area contributed by atoms with Crippen molar-refractivity contribution in [3.05, 3.63) is 35.4 Å². The Morgan fingerprint density at radius 2 is 1.59 bits per heavy atom. The highest BCUT2D eigenvalue weighted by Gasteiger charge is 2.13. The van der Waals surface area contributed by atoms with Crippen LogP contribution < -0.4 is 0 Å². The van der Waals surface area contributed by atoms with Crippen molar-refractivity contribution in [1.29, 1.82) is 0 Å². The van der Waals surface area contributed by atoms with Gasteiger partial charge in [0.15, 0.2) is 0 Å². The Morgan fingerprint density at radius 3 is 2.27 bits per heavy atom. The number of hydrogen-bond acceptors (Lipinski definition) is 4. The van der Waals surface area contributed by atoms with Crippen LogP contribution in [0.3, 0.4) is 0 Å². The molecule has 0 aliphatic heterocycles. The van der Waals surface area contributed by atoms with E-state index in [0.29, 0.717) is 25.2 Å². The minimum absolute atomic E-state index is 0.220. The lowest BCUT2D eigenvalue weighted by Gasteiger charge is -2.09. The van der Waals surface area contributed by atoms with Crippen LogP contribution in [0.2, 0.25) is 0 Å². The van der Waals surface area contributed by atoms with Gasteiger partial charge in [0.1, 0.15) is 0 Å². The minimum Gasteiger partial charge on any atom is -0.466 e. The molecule has 0 aliphatic rings. The fourth-order valence-electron chi connectivity index (χ4n) is 1.96. The highest BCUT2D eigenvalue weighted by Crippen LogP contribution is 2.13. The van der Waals surface area contributed by atoms with Gasteiger partial charge in [0.05, 0.1) is 18.8 Å². The summed E-state index contributed by atoms with van der Waals surface area (Å²) in [6.45, 7) is 5.00. The van der Waals surface area contributed by atoms with Crippen molar-refractivity contribution >= 4 is 11.9 Å². The summed E-state index contributed by atoms with van der Waals surface area (Å²) >= 11 is 0. The lowest BCUT2D eigenvalue weighted by Crippen LogP contribution is -2.11. The van der Waals surface area contributed by atoms with E-state index in [1.165, 1.54) is 0 Å². The van der Waals surface area contributed by atoms with Gasteiger partial charge >= 0.3 is 11.9 Å². The van der Waals surface area contributed by atoms with Gasteiger partial charge < -0.3 is 9.47 Å². The Balaban J connectivity index is 2.52. The molecule has 22 heavy (non-hydrogen) atoms. The first-order chi connectivity index (χ1) is 10.7. The van der Waals surface area contributed by atoms with Crippen LogP contribution in [0, 0.1) is 0 Å². The van der Waals surface area contributed by atoms with Crippen molar-refractivity contribution in [3.8, 4) is 0 Å². The minimum atomic E-state index is -0.316. The Kier molecular flexibility index (Phi) is 8.96. The number of aryl methyl sites for hydroxylation is 1. The molecule has 0 saturated heterocycles. The predicted octanol–water partition coefficient (Wildman–Crippen LogP) is 3.92. The number of ether oxygens (including phenoxy) is 2. The predicted molar refractivity (Wildman–Crippen MR) is 85.8 cm³/mol. The molecule has 0 atom stereocenters. The molecule has 0 amide bonds.